The SMILES string of the molecule is C#CCNCC(=O)Nc1cc(OC)ccc1OC(F)F. The molecule has 5 nitrogen and oxygen atoms in total. The first-order valence-corrected chi connectivity index (χ1v) is 5.63. The van der Waals surface area contributed by atoms with E-state index in [1.807, 2.05) is 0 Å². The molecule has 0 bridgehead atoms. The highest BCUT2D eigenvalue weighted by molar-refractivity contribution is 5.94. The Kier molecular flexibility index (Phi) is 6.26. The number of halogens is 2. The largest absolute Gasteiger partial charge is 0.497 e. The van der Waals surface area contributed by atoms with Gasteiger partial charge in [0.05, 0.1) is 25.9 Å². The molecule has 108 valence electrons. The molecule has 20 heavy (non-hydrogen) atoms. The van der Waals surface area contributed by atoms with Gasteiger partial charge in [-0.3, -0.25) is 10.1 Å². The third kappa shape index (κ3) is 5.12. The highest BCUT2D eigenvalue weighted by atomic mass is 19.3. The molecule has 0 fully saturated rings. The number of ether oxygens (including phenoxy) is 2. The van der Waals surface area contributed by atoms with Crippen molar-refractivity contribution < 1.29 is 23.0 Å². The molecule has 0 saturated carbocycles. The van der Waals surface area contributed by atoms with Crippen LogP contribution < -0.4 is 20.1 Å². The number of hydrogen-bond acceptors (Lipinski definition) is 4. The lowest BCUT2D eigenvalue weighted by Gasteiger charge is -2.13. The standard InChI is InChI=1S/C13H14F2N2O3/c1-3-6-16-8-12(18)17-10-7-9(19-2)4-5-11(10)20-13(14)15/h1,4-5,7,13,16H,6,8H2,2H3,(H,17,18). The van der Waals surface area contributed by atoms with Crippen LogP contribution in [0.4, 0.5) is 14.5 Å². The Morgan fingerprint density at radius 2 is 2.25 bits per heavy atom. The smallest absolute Gasteiger partial charge is 0.387 e. The number of carbonyl (C=O) groups is 1. The average molecular weight is 284 g/mol. The maximum absolute atomic E-state index is 12.3. The fourth-order valence-electron chi connectivity index (χ4n) is 1.38. The number of rotatable bonds is 7. The summed E-state index contributed by atoms with van der Waals surface area (Å²) in [5.41, 5.74) is 0.0946. The van der Waals surface area contributed by atoms with E-state index in [1.54, 1.807) is 0 Å². The summed E-state index contributed by atoms with van der Waals surface area (Å²) in [6.07, 6.45) is 5.02. The zero-order valence-corrected chi connectivity index (χ0v) is 10.8. The molecule has 0 aliphatic heterocycles. The topological polar surface area (TPSA) is 59.6 Å². The minimum atomic E-state index is -2.99. The molecule has 0 unspecified atom stereocenters. The zero-order valence-electron chi connectivity index (χ0n) is 10.8. The summed E-state index contributed by atoms with van der Waals surface area (Å²) in [6, 6.07) is 4.12. The number of amides is 1. The Morgan fingerprint density at radius 3 is 2.85 bits per heavy atom. The molecule has 0 aliphatic carbocycles. The van der Waals surface area contributed by atoms with E-state index in [4.69, 9.17) is 11.2 Å². The van der Waals surface area contributed by atoms with Crippen molar-refractivity contribution in [1.29, 1.82) is 0 Å². The highest BCUT2D eigenvalue weighted by Crippen LogP contribution is 2.30. The Bertz CT molecular complexity index is 501. The molecule has 7 heteroatoms. The van der Waals surface area contributed by atoms with Gasteiger partial charge >= 0.3 is 6.61 Å². The van der Waals surface area contributed by atoms with E-state index in [0.29, 0.717) is 5.75 Å². The fraction of sp³-hybridized carbons (Fsp3) is 0.308. The van der Waals surface area contributed by atoms with Crippen molar-refractivity contribution in [2.45, 2.75) is 6.61 Å². The number of methoxy groups -OCH3 is 1. The third-order valence-electron chi connectivity index (χ3n) is 2.19. The quantitative estimate of drug-likeness (QED) is 0.588. The third-order valence-corrected chi connectivity index (χ3v) is 2.19. The van der Waals surface area contributed by atoms with Gasteiger partial charge in [-0.05, 0) is 12.1 Å². The van der Waals surface area contributed by atoms with Crippen molar-refractivity contribution in [2.24, 2.45) is 0 Å². The van der Waals surface area contributed by atoms with Gasteiger partial charge in [0.2, 0.25) is 5.91 Å². The van der Waals surface area contributed by atoms with Crippen LogP contribution in [0.2, 0.25) is 0 Å². The number of alkyl halides is 2. The normalized spacial score (nSPS) is 9.95. The van der Waals surface area contributed by atoms with Gasteiger partial charge in [0.15, 0.2) is 0 Å². The van der Waals surface area contributed by atoms with Crippen molar-refractivity contribution in [3.05, 3.63) is 18.2 Å². The molecule has 1 aromatic rings. The average Bonchev–Trinajstić information content (AvgIpc) is 2.40. The molecule has 0 radical (unpaired) electrons. The van der Waals surface area contributed by atoms with E-state index < -0.39 is 12.5 Å². The van der Waals surface area contributed by atoms with Crippen molar-refractivity contribution in [2.75, 3.05) is 25.5 Å². The van der Waals surface area contributed by atoms with Crippen LogP contribution in [0.25, 0.3) is 0 Å². The summed E-state index contributed by atoms with van der Waals surface area (Å²) in [7, 11) is 1.42. The van der Waals surface area contributed by atoms with Crippen molar-refractivity contribution in [1.82, 2.24) is 5.32 Å². The molecule has 0 spiro atoms. The summed E-state index contributed by atoms with van der Waals surface area (Å²) in [5.74, 6) is 2.12. The minimum absolute atomic E-state index is 0.0461. The van der Waals surface area contributed by atoms with Gasteiger partial charge in [-0.2, -0.15) is 8.78 Å². The Labute approximate surface area is 115 Å². The second-order valence-corrected chi connectivity index (χ2v) is 3.60. The molecule has 0 aromatic heterocycles. The lowest BCUT2D eigenvalue weighted by molar-refractivity contribution is -0.115. The fourth-order valence-corrected chi connectivity index (χ4v) is 1.38. The van der Waals surface area contributed by atoms with Crippen LogP contribution in [0.1, 0.15) is 0 Å². The van der Waals surface area contributed by atoms with Crippen LogP contribution in [0.5, 0.6) is 11.5 Å². The molecule has 1 rings (SSSR count). The summed E-state index contributed by atoms with van der Waals surface area (Å²) >= 11 is 0. The number of anilines is 1. The van der Waals surface area contributed by atoms with Crippen LogP contribution in [0, 0.1) is 12.3 Å². The van der Waals surface area contributed by atoms with Gasteiger partial charge < -0.3 is 14.8 Å². The van der Waals surface area contributed by atoms with Gasteiger partial charge in [-0.15, -0.1) is 6.42 Å². The molecule has 0 atom stereocenters. The number of nitrogens with one attached hydrogen (secondary N) is 2. The number of hydrogen-bond donors (Lipinski definition) is 2. The predicted molar refractivity (Wildman–Crippen MR) is 70.0 cm³/mol. The number of benzene rings is 1. The number of terminal acetylenes is 1. The lowest BCUT2D eigenvalue weighted by atomic mass is 10.2. The van der Waals surface area contributed by atoms with Crippen molar-refractivity contribution >= 4 is 11.6 Å². The maximum atomic E-state index is 12.3. The maximum Gasteiger partial charge on any atom is 0.387 e. The van der Waals surface area contributed by atoms with Gasteiger partial charge in [-0.25, -0.2) is 0 Å². The first-order chi connectivity index (χ1) is 9.56. The first kappa shape index (κ1) is 15.7. The van der Waals surface area contributed by atoms with Crippen LogP contribution in [0.3, 0.4) is 0 Å². The van der Waals surface area contributed by atoms with E-state index in [-0.39, 0.29) is 24.5 Å². The second-order valence-electron chi connectivity index (χ2n) is 3.60. The monoisotopic (exact) mass is 284 g/mol. The zero-order chi connectivity index (χ0) is 15.0. The molecule has 0 heterocycles. The Balaban J connectivity index is 2.79. The Morgan fingerprint density at radius 1 is 1.50 bits per heavy atom. The van der Waals surface area contributed by atoms with E-state index in [0.717, 1.165) is 0 Å². The summed E-state index contributed by atoms with van der Waals surface area (Å²) in [5, 5.41) is 5.12. The molecule has 2 N–H and O–H groups in total. The van der Waals surface area contributed by atoms with E-state index in [2.05, 4.69) is 21.3 Å². The highest BCUT2D eigenvalue weighted by Gasteiger charge is 2.13. The van der Waals surface area contributed by atoms with Crippen LogP contribution in [0.15, 0.2) is 18.2 Å². The number of carbonyl (C=O) groups excluding carboxylic acids is 1. The molecule has 1 amide bonds. The van der Waals surface area contributed by atoms with Gasteiger partial charge in [-0.1, -0.05) is 5.92 Å². The summed E-state index contributed by atoms with van der Waals surface area (Å²) in [6.45, 7) is -2.81. The Hall–Kier alpha value is -2.33. The van der Waals surface area contributed by atoms with Crippen molar-refractivity contribution in [3.63, 3.8) is 0 Å². The minimum Gasteiger partial charge on any atom is -0.497 e. The van der Waals surface area contributed by atoms with E-state index in [1.165, 1.54) is 25.3 Å². The van der Waals surface area contributed by atoms with Crippen molar-refractivity contribution in [3.8, 4) is 23.8 Å². The van der Waals surface area contributed by atoms with E-state index >= 15 is 0 Å². The molecule has 0 saturated heterocycles. The van der Waals surface area contributed by atoms with Crippen LogP contribution >= 0.6 is 0 Å². The van der Waals surface area contributed by atoms with Crippen LogP contribution in [-0.4, -0.2) is 32.7 Å². The lowest BCUT2D eigenvalue weighted by Crippen LogP contribution is -2.28. The second kappa shape index (κ2) is 7.96. The molecule has 0 aliphatic rings. The van der Waals surface area contributed by atoms with Gasteiger partial charge in [0.1, 0.15) is 11.5 Å². The predicted octanol–water partition coefficient (Wildman–Crippen LogP) is 1.46. The van der Waals surface area contributed by atoms with E-state index in [9.17, 15) is 13.6 Å². The van der Waals surface area contributed by atoms with Gasteiger partial charge in [0.25, 0.3) is 0 Å². The van der Waals surface area contributed by atoms with Crippen LogP contribution in [-0.2, 0) is 4.79 Å². The van der Waals surface area contributed by atoms with Gasteiger partial charge in [0, 0.05) is 6.07 Å². The summed E-state index contributed by atoms with van der Waals surface area (Å²) < 4.78 is 33.8. The molecular formula is C13H14F2N2O3. The molecular weight excluding hydrogens is 270 g/mol. The first-order valence-electron chi connectivity index (χ1n) is 5.63. The molecule has 1 aromatic carbocycles. The summed E-state index contributed by atoms with van der Waals surface area (Å²) in [4.78, 5) is 11.6.